The summed E-state index contributed by atoms with van der Waals surface area (Å²) >= 11 is 1.14. The highest BCUT2D eigenvalue weighted by Gasteiger charge is 2.13. The zero-order valence-electron chi connectivity index (χ0n) is 9.12. The molecule has 86 valence electrons. The maximum absolute atomic E-state index is 11.7. The van der Waals surface area contributed by atoms with Crippen LogP contribution in [0.1, 0.15) is 21.8 Å². The zero-order chi connectivity index (χ0) is 11.4. The number of aromatic nitrogens is 2. The molecule has 1 aromatic heterocycles. The molecule has 16 heavy (non-hydrogen) atoms. The van der Waals surface area contributed by atoms with E-state index >= 15 is 0 Å². The van der Waals surface area contributed by atoms with Crippen LogP contribution in [-0.4, -0.2) is 35.1 Å². The summed E-state index contributed by atoms with van der Waals surface area (Å²) in [6.45, 7) is 4.30. The first kappa shape index (κ1) is 11.2. The zero-order valence-corrected chi connectivity index (χ0v) is 9.93. The Morgan fingerprint density at radius 1 is 1.69 bits per heavy atom. The summed E-state index contributed by atoms with van der Waals surface area (Å²) in [7, 11) is 0. The highest BCUT2D eigenvalue weighted by atomic mass is 32.1. The van der Waals surface area contributed by atoms with Crippen LogP contribution in [0.4, 0.5) is 0 Å². The third-order valence-corrected chi connectivity index (χ3v) is 3.32. The van der Waals surface area contributed by atoms with Gasteiger partial charge < -0.3 is 10.6 Å². The molecule has 2 rings (SSSR count). The summed E-state index contributed by atoms with van der Waals surface area (Å²) in [5.41, 5.74) is 1.98. The van der Waals surface area contributed by atoms with Gasteiger partial charge in [0.15, 0.2) is 0 Å². The van der Waals surface area contributed by atoms with E-state index in [-0.39, 0.29) is 5.91 Å². The van der Waals surface area contributed by atoms with E-state index in [0.29, 0.717) is 17.1 Å². The van der Waals surface area contributed by atoms with Crippen molar-refractivity contribution in [3.05, 3.63) is 22.2 Å². The molecule has 0 aromatic carbocycles. The summed E-state index contributed by atoms with van der Waals surface area (Å²) in [6.07, 6.45) is 3.13. The Hall–Kier alpha value is -1.27. The number of amides is 1. The van der Waals surface area contributed by atoms with Crippen molar-refractivity contribution >= 4 is 17.4 Å². The molecule has 0 saturated carbocycles. The summed E-state index contributed by atoms with van der Waals surface area (Å²) in [6, 6.07) is 0. The van der Waals surface area contributed by atoms with Gasteiger partial charge in [-0.3, -0.25) is 4.79 Å². The molecule has 1 aliphatic heterocycles. The predicted octanol–water partition coefficient (Wildman–Crippen LogP) is 0.496. The van der Waals surface area contributed by atoms with Gasteiger partial charge in [-0.25, -0.2) is 0 Å². The van der Waals surface area contributed by atoms with Crippen molar-refractivity contribution in [2.45, 2.75) is 13.3 Å². The van der Waals surface area contributed by atoms with Gasteiger partial charge in [0.1, 0.15) is 4.88 Å². The Morgan fingerprint density at radius 3 is 3.19 bits per heavy atom. The van der Waals surface area contributed by atoms with Crippen molar-refractivity contribution in [3.8, 4) is 0 Å². The van der Waals surface area contributed by atoms with E-state index in [4.69, 9.17) is 0 Å². The Morgan fingerprint density at radius 2 is 2.56 bits per heavy atom. The molecule has 5 nitrogen and oxygen atoms in total. The third-order valence-electron chi connectivity index (χ3n) is 2.49. The molecule has 2 N–H and O–H groups in total. The molecule has 0 radical (unpaired) electrons. The van der Waals surface area contributed by atoms with E-state index in [1.54, 1.807) is 6.92 Å². The van der Waals surface area contributed by atoms with Gasteiger partial charge in [0, 0.05) is 13.1 Å². The second-order valence-corrected chi connectivity index (χ2v) is 4.44. The predicted molar refractivity (Wildman–Crippen MR) is 62.5 cm³/mol. The highest BCUT2D eigenvalue weighted by Crippen LogP contribution is 2.09. The quantitative estimate of drug-likeness (QED) is 0.752. The Kier molecular flexibility index (Phi) is 3.63. The van der Waals surface area contributed by atoms with E-state index in [1.165, 1.54) is 5.57 Å². The minimum atomic E-state index is -0.0769. The number of nitrogens with zero attached hydrogens (tertiary/aromatic N) is 2. The minimum Gasteiger partial charge on any atom is -0.347 e. The molecule has 6 heteroatoms. The van der Waals surface area contributed by atoms with Gasteiger partial charge in [-0.05, 0) is 31.4 Å². The number of rotatable bonds is 3. The van der Waals surface area contributed by atoms with Crippen LogP contribution in [0.2, 0.25) is 0 Å². The van der Waals surface area contributed by atoms with E-state index < -0.39 is 0 Å². The van der Waals surface area contributed by atoms with E-state index in [1.807, 2.05) is 0 Å². The van der Waals surface area contributed by atoms with Crippen LogP contribution in [0, 0.1) is 6.92 Å². The molecule has 0 bridgehead atoms. The summed E-state index contributed by atoms with van der Waals surface area (Å²) in [4.78, 5) is 12.4. The molecular weight excluding hydrogens is 224 g/mol. The van der Waals surface area contributed by atoms with Crippen LogP contribution in [0.5, 0.6) is 0 Å². The van der Waals surface area contributed by atoms with Crippen molar-refractivity contribution in [3.63, 3.8) is 0 Å². The fourth-order valence-corrected chi connectivity index (χ4v) is 2.12. The molecule has 1 aliphatic rings. The first-order valence-electron chi connectivity index (χ1n) is 5.23. The Labute approximate surface area is 98.1 Å². The normalized spacial score (nSPS) is 15.7. The topological polar surface area (TPSA) is 66.9 Å². The molecule has 0 unspecified atom stereocenters. The second kappa shape index (κ2) is 5.18. The first-order chi connectivity index (χ1) is 7.77. The number of hydrogen-bond donors (Lipinski definition) is 2. The Balaban J connectivity index is 1.89. The van der Waals surface area contributed by atoms with Gasteiger partial charge in [0.05, 0.1) is 5.69 Å². The third kappa shape index (κ3) is 2.65. The van der Waals surface area contributed by atoms with Crippen molar-refractivity contribution in [2.75, 3.05) is 19.6 Å². The van der Waals surface area contributed by atoms with Crippen molar-refractivity contribution < 1.29 is 4.79 Å². The maximum Gasteiger partial charge on any atom is 0.265 e. The average Bonchev–Trinajstić information content (AvgIpc) is 2.74. The summed E-state index contributed by atoms with van der Waals surface area (Å²) in [5, 5.41) is 9.94. The fourth-order valence-electron chi connectivity index (χ4n) is 1.54. The lowest BCUT2D eigenvalue weighted by Gasteiger charge is -2.14. The SMILES string of the molecule is Cc1nnsc1C(=O)NCC1=CCNCC1. The molecule has 0 aliphatic carbocycles. The number of carbonyl (C=O) groups is 1. The number of aryl methyl sites for hydroxylation is 1. The average molecular weight is 238 g/mol. The van der Waals surface area contributed by atoms with Crippen molar-refractivity contribution in [1.82, 2.24) is 20.2 Å². The second-order valence-electron chi connectivity index (χ2n) is 3.69. The lowest BCUT2D eigenvalue weighted by atomic mass is 10.1. The molecule has 1 amide bonds. The van der Waals surface area contributed by atoms with Gasteiger partial charge in [0.25, 0.3) is 5.91 Å². The summed E-state index contributed by atoms with van der Waals surface area (Å²) < 4.78 is 3.74. The number of nitrogens with one attached hydrogen (secondary N) is 2. The monoisotopic (exact) mass is 238 g/mol. The van der Waals surface area contributed by atoms with Gasteiger partial charge in [-0.2, -0.15) is 0 Å². The van der Waals surface area contributed by atoms with E-state index in [0.717, 1.165) is 31.0 Å². The molecule has 1 aromatic rings. The van der Waals surface area contributed by atoms with Gasteiger partial charge in [0.2, 0.25) is 0 Å². The maximum atomic E-state index is 11.7. The van der Waals surface area contributed by atoms with Crippen LogP contribution in [0.25, 0.3) is 0 Å². The van der Waals surface area contributed by atoms with E-state index in [9.17, 15) is 4.79 Å². The van der Waals surface area contributed by atoms with Crippen LogP contribution < -0.4 is 10.6 Å². The molecular formula is C10H14N4OS. The Bertz CT molecular complexity index is 413. The molecule has 0 fully saturated rings. The fraction of sp³-hybridized carbons (Fsp3) is 0.500. The van der Waals surface area contributed by atoms with Crippen LogP contribution in [0.15, 0.2) is 11.6 Å². The molecule has 0 spiro atoms. The standard InChI is InChI=1S/C10H14N4OS/c1-7-9(16-14-13-7)10(15)12-6-8-2-4-11-5-3-8/h2,11H,3-6H2,1H3,(H,12,15). The lowest BCUT2D eigenvalue weighted by molar-refractivity contribution is 0.0960. The summed E-state index contributed by atoms with van der Waals surface area (Å²) in [5.74, 6) is -0.0769. The van der Waals surface area contributed by atoms with Crippen molar-refractivity contribution in [1.29, 1.82) is 0 Å². The number of hydrogen-bond acceptors (Lipinski definition) is 5. The molecule has 0 atom stereocenters. The molecule has 0 saturated heterocycles. The smallest absolute Gasteiger partial charge is 0.265 e. The van der Waals surface area contributed by atoms with Gasteiger partial charge >= 0.3 is 0 Å². The lowest BCUT2D eigenvalue weighted by Crippen LogP contribution is -2.29. The van der Waals surface area contributed by atoms with E-state index in [2.05, 4.69) is 26.3 Å². The number of carbonyl (C=O) groups excluding carboxylic acids is 1. The minimum absolute atomic E-state index is 0.0769. The van der Waals surface area contributed by atoms with Crippen LogP contribution in [0.3, 0.4) is 0 Å². The van der Waals surface area contributed by atoms with Gasteiger partial charge in [-0.1, -0.05) is 16.1 Å². The van der Waals surface area contributed by atoms with Crippen molar-refractivity contribution in [2.24, 2.45) is 0 Å². The van der Waals surface area contributed by atoms with Crippen LogP contribution >= 0.6 is 11.5 Å². The highest BCUT2D eigenvalue weighted by molar-refractivity contribution is 7.07. The largest absolute Gasteiger partial charge is 0.347 e. The van der Waals surface area contributed by atoms with Crippen LogP contribution in [-0.2, 0) is 0 Å². The van der Waals surface area contributed by atoms with Gasteiger partial charge in [-0.15, -0.1) is 5.10 Å². The first-order valence-corrected chi connectivity index (χ1v) is 6.00. The molecule has 2 heterocycles.